The second-order valence-electron chi connectivity index (χ2n) is 6.38. The second-order valence-corrected chi connectivity index (χ2v) is 6.38. The minimum Gasteiger partial charge on any atom is -0.496 e. The number of hydrogen-bond acceptors (Lipinski definition) is 7. The van der Waals surface area contributed by atoms with Gasteiger partial charge in [0.25, 0.3) is 0 Å². The molecule has 0 spiro atoms. The van der Waals surface area contributed by atoms with E-state index in [9.17, 15) is 0 Å². The molecule has 1 atom stereocenters. The molecular formula is C21H22N4O3. The third-order valence-corrected chi connectivity index (χ3v) is 4.48. The van der Waals surface area contributed by atoms with E-state index in [-0.39, 0.29) is 6.01 Å². The molecule has 3 aromatic rings. The fraction of sp³-hybridized carbons (Fsp3) is 0.286. The van der Waals surface area contributed by atoms with E-state index in [1.165, 1.54) is 0 Å². The molecular weight excluding hydrogens is 356 g/mol. The predicted molar refractivity (Wildman–Crippen MR) is 106 cm³/mol. The van der Waals surface area contributed by atoms with Crippen molar-refractivity contribution >= 4 is 5.69 Å². The van der Waals surface area contributed by atoms with Crippen molar-refractivity contribution in [1.82, 2.24) is 15.2 Å². The van der Waals surface area contributed by atoms with E-state index >= 15 is 0 Å². The van der Waals surface area contributed by atoms with E-state index < -0.39 is 6.23 Å². The van der Waals surface area contributed by atoms with Crippen molar-refractivity contribution in [1.29, 1.82) is 0 Å². The van der Waals surface area contributed by atoms with E-state index in [0.29, 0.717) is 18.2 Å². The number of ether oxygens (including phenoxy) is 3. The molecule has 1 aliphatic heterocycles. The first kappa shape index (κ1) is 18.0. The highest BCUT2D eigenvalue weighted by atomic mass is 16.5. The van der Waals surface area contributed by atoms with Crippen LogP contribution in [0.3, 0.4) is 0 Å². The summed E-state index contributed by atoms with van der Waals surface area (Å²) in [7, 11) is 1.64. The zero-order chi connectivity index (χ0) is 19.3. The van der Waals surface area contributed by atoms with Gasteiger partial charge in [-0.05, 0) is 24.6 Å². The van der Waals surface area contributed by atoms with Crippen molar-refractivity contribution in [3.63, 3.8) is 0 Å². The number of methoxy groups -OCH3 is 1. The molecule has 0 aliphatic carbocycles. The minimum absolute atomic E-state index is 0.213. The number of fused-ring (bicyclic) bond motifs is 3. The van der Waals surface area contributed by atoms with E-state index in [1.54, 1.807) is 7.11 Å². The molecule has 7 heteroatoms. The molecule has 1 aromatic heterocycles. The summed E-state index contributed by atoms with van der Waals surface area (Å²) in [5.74, 6) is 1.09. The Labute approximate surface area is 163 Å². The molecule has 7 nitrogen and oxygen atoms in total. The molecule has 28 heavy (non-hydrogen) atoms. The van der Waals surface area contributed by atoms with Crippen molar-refractivity contribution in [2.24, 2.45) is 0 Å². The molecule has 2 heterocycles. The Morgan fingerprint density at radius 3 is 2.75 bits per heavy atom. The lowest BCUT2D eigenvalue weighted by Crippen LogP contribution is -2.18. The van der Waals surface area contributed by atoms with Gasteiger partial charge in [-0.15, -0.1) is 5.10 Å². The fourth-order valence-electron chi connectivity index (χ4n) is 3.04. The van der Waals surface area contributed by atoms with Gasteiger partial charge in [-0.1, -0.05) is 48.8 Å². The van der Waals surface area contributed by atoms with Gasteiger partial charge in [-0.3, -0.25) is 0 Å². The third-order valence-electron chi connectivity index (χ3n) is 4.48. The van der Waals surface area contributed by atoms with Crippen LogP contribution >= 0.6 is 0 Å². The van der Waals surface area contributed by atoms with E-state index in [2.05, 4.69) is 27.4 Å². The summed E-state index contributed by atoms with van der Waals surface area (Å²) in [6.45, 7) is 2.64. The second kappa shape index (κ2) is 8.12. The number of para-hydroxylation sites is 2. The maximum atomic E-state index is 6.23. The highest BCUT2D eigenvalue weighted by Crippen LogP contribution is 2.40. The highest BCUT2D eigenvalue weighted by molar-refractivity contribution is 5.79. The molecule has 4 rings (SSSR count). The Morgan fingerprint density at radius 2 is 1.89 bits per heavy atom. The number of anilines is 1. The summed E-state index contributed by atoms with van der Waals surface area (Å²) in [6, 6.07) is 15.8. The van der Waals surface area contributed by atoms with Crippen LogP contribution in [0.2, 0.25) is 0 Å². The molecule has 0 saturated carbocycles. The van der Waals surface area contributed by atoms with Crippen LogP contribution in [0.15, 0.2) is 48.5 Å². The van der Waals surface area contributed by atoms with Crippen molar-refractivity contribution in [3.05, 3.63) is 54.1 Å². The van der Waals surface area contributed by atoms with Gasteiger partial charge in [0.1, 0.15) is 5.75 Å². The van der Waals surface area contributed by atoms with Gasteiger partial charge < -0.3 is 19.5 Å². The summed E-state index contributed by atoms with van der Waals surface area (Å²) < 4.78 is 17.4. The number of hydrogen-bond donors (Lipinski definition) is 1. The molecule has 1 unspecified atom stereocenters. The first-order chi connectivity index (χ1) is 13.8. The van der Waals surface area contributed by atoms with Crippen LogP contribution in [-0.4, -0.2) is 28.9 Å². The Kier molecular flexibility index (Phi) is 5.23. The van der Waals surface area contributed by atoms with Crippen LogP contribution < -0.4 is 19.5 Å². The summed E-state index contributed by atoms with van der Waals surface area (Å²) >= 11 is 0. The Morgan fingerprint density at radius 1 is 1.07 bits per heavy atom. The van der Waals surface area contributed by atoms with Gasteiger partial charge in [0.05, 0.1) is 19.3 Å². The zero-order valence-electron chi connectivity index (χ0n) is 15.9. The first-order valence-corrected chi connectivity index (χ1v) is 9.33. The quantitative estimate of drug-likeness (QED) is 0.643. The maximum absolute atomic E-state index is 6.23. The zero-order valence-corrected chi connectivity index (χ0v) is 15.9. The van der Waals surface area contributed by atoms with Gasteiger partial charge in [0.15, 0.2) is 5.69 Å². The van der Waals surface area contributed by atoms with Crippen LogP contribution in [-0.2, 0) is 0 Å². The monoisotopic (exact) mass is 378 g/mol. The van der Waals surface area contributed by atoms with Crippen molar-refractivity contribution in [3.8, 4) is 28.9 Å². The Bertz CT molecular complexity index is 964. The van der Waals surface area contributed by atoms with Crippen molar-refractivity contribution in [2.75, 3.05) is 19.0 Å². The lowest BCUT2D eigenvalue weighted by Gasteiger charge is -2.21. The largest absolute Gasteiger partial charge is 0.496 e. The predicted octanol–water partition coefficient (Wildman–Crippen LogP) is 4.23. The minimum atomic E-state index is -0.501. The smallest absolute Gasteiger partial charge is 0.339 e. The van der Waals surface area contributed by atoms with Gasteiger partial charge in [-0.2, -0.15) is 4.98 Å². The van der Waals surface area contributed by atoms with Gasteiger partial charge in [0, 0.05) is 11.3 Å². The first-order valence-electron chi connectivity index (χ1n) is 9.33. The Hall–Kier alpha value is -3.35. The summed E-state index contributed by atoms with van der Waals surface area (Å²) in [5.41, 5.74) is 3.19. The summed E-state index contributed by atoms with van der Waals surface area (Å²) in [6.07, 6.45) is 1.45. The number of rotatable bonds is 6. The molecule has 2 aromatic carbocycles. The fourth-order valence-corrected chi connectivity index (χ4v) is 3.04. The van der Waals surface area contributed by atoms with Crippen LogP contribution in [0.4, 0.5) is 5.69 Å². The van der Waals surface area contributed by atoms with Gasteiger partial charge in [0.2, 0.25) is 12.1 Å². The van der Waals surface area contributed by atoms with Crippen LogP contribution in [0.25, 0.3) is 11.3 Å². The number of unbranched alkanes of at least 4 members (excludes halogenated alkanes) is 1. The van der Waals surface area contributed by atoms with Gasteiger partial charge >= 0.3 is 6.01 Å². The van der Waals surface area contributed by atoms with E-state index in [0.717, 1.165) is 35.4 Å². The Balaban J connectivity index is 1.76. The molecule has 1 aliphatic rings. The lowest BCUT2D eigenvalue weighted by atomic mass is 10.1. The summed E-state index contributed by atoms with van der Waals surface area (Å²) in [5, 5.41) is 11.9. The lowest BCUT2D eigenvalue weighted by molar-refractivity contribution is 0.213. The molecule has 144 valence electrons. The summed E-state index contributed by atoms with van der Waals surface area (Å²) in [4.78, 5) is 4.48. The highest BCUT2D eigenvalue weighted by Gasteiger charge is 2.27. The number of aromatic nitrogens is 3. The standard InChI is InChI=1S/C21H22N4O3/c1-3-4-13-27-21-23-20-18(24-25-21)14-9-5-7-11-16(14)22-19(28-20)15-10-6-8-12-17(15)26-2/h5-12,19,22H,3-4,13H2,1-2H3. The normalized spacial score (nSPS) is 14.7. The van der Waals surface area contributed by atoms with E-state index in [1.807, 2.05) is 48.5 Å². The maximum Gasteiger partial charge on any atom is 0.339 e. The van der Waals surface area contributed by atoms with Crippen molar-refractivity contribution < 1.29 is 14.2 Å². The molecule has 1 N–H and O–H groups in total. The number of nitrogens with one attached hydrogen (secondary N) is 1. The average Bonchev–Trinajstić information content (AvgIpc) is 2.90. The molecule has 0 saturated heterocycles. The molecule has 0 fully saturated rings. The van der Waals surface area contributed by atoms with Crippen molar-refractivity contribution in [2.45, 2.75) is 26.0 Å². The molecule has 0 bridgehead atoms. The third kappa shape index (κ3) is 3.55. The number of nitrogens with zero attached hydrogens (tertiary/aromatic N) is 3. The van der Waals surface area contributed by atoms with Gasteiger partial charge in [-0.25, -0.2) is 0 Å². The van der Waals surface area contributed by atoms with E-state index in [4.69, 9.17) is 14.2 Å². The van der Waals surface area contributed by atoms with Crippen LogP contribution in [0.1, 0.15) is 31.6 Å². The number of benzene rings is 2. The van der Waals surface area contributed by atoms with Crippen LogP contribution in [0.5, 0.6) is 17.6 Å². The molecule has 0 radical (unpaired) electrons. The SMILES string of the molecule is CCCCOc1nnc2c(n1)OC(c1ccccc1OC)Nc1ccccc1-2. The average molecular weight is 378 g/mol. The van der Waals surface area contributed by atoms with Crippen LogP contribution in [0, 0.1) is 0 Å². The molecule has 0 amide bonds. The topological polar surface area (TPSA) is 78.4 Å².